The highest BCUT2D eigenvalue weighted by molar-refractivity contribution is 5.31. The summed E-state index contributed by atoms with van der Waals surface area (Å²) in [4.78, 5) is 0. The SMILES string of the molecule is COc1ccc(OCc2cc(OC[C@@H]3CCCN3)no2)cc1. The summed E-state index contributed by atoms with van der Waals surface area (Å²) in [7, 11) is 1.63. The first-order chi connectivity index (χ1) is 10.8. The molecule has 0 bridgehead atoms. The van der Waals surface area contributed by atoms with Crippen LogP contribution in [0.2, 0.25) is 0 Å². The Labute approximate surface area is 129 Å². The van der Waals surface area contributed by atoms with Gasteiger partial charge in [-0.05, 0) is 48.8 Å². The molecule has 1 fully saturated rings. The third-order valence-electron chi connectivity index (χ3n) is 3.57. The van der Waals surface area contributed by atoms with E-state index in [9.17, 15) is 0 Å². The smallest absolute Gasteiger partial charge is 0.254 e. The number of methoxy groups -OCH3 is 1. The van der Waals surface area contributed by atoms with Crippen molar-refractivity contribution >= 4 is 0 Å². The van der Waals surface area contributed by atoms with Crippen LogP contribution >= 0.6 is 0 Å². The minimum absolute atomic E-state index is 0.310. The Morgan fingerprint density at radius 2 is 2.05 bits per heavy atom. The molecule has 0 saturated carbocycles. The molecule has 1 saturated heterocycles. The zero-order chi connectivity index (χ0) is 15.2. The molecule has 0 amide bonds. The summed E-state index contributed by atoms with van der Waals surface area (Å²) in [6.07, 6.45) is 2.35. The molecule has 2 heterocycles. The molecule has 1 N–H and O–H groups in total. The van der Waals surface area contributed by atoms with Crippen molar-refractivity contribution in [3.63, 3.8) is 0 Å². The van der Waals surface area contributed by atoms with Crippen molar-refractivity contribution in [2.75, 3.05) is 20.3 Å². The molecule has 0 spiro atoms. The second-order valence-corrected chi connectivity index (χ2v) is 5.20. The lowest BCUT2D eigenvalue weighted by molar-refractivity contribution is 0.230. The minimum Gasteiger partial charge on any atom is -0.497 e. The first-order valence-electron chi connectivity index (χ1n) is 7.42. The lowest BCUT2D eigenvalue weighted by Gasteiger charge is -2.08. The van der Waals surface area contributed by atoms with Crippen LogP contribution in [0.4, 0.5) is 0 Å². The van der Waals surface area contributed by atoms with Gasteiger partial charge in [0.2, 0.25) is 0 Å². The van der Waals surface area contributed by atoms with Gasteiger partial charge in [-0.15, -0.1) is 0 Å². The monoisotopic (exact) mass is 304 g/mol. The number of aromatic nitrogens is 1. The van der Waals surface area contributed by atoms with Crippen LogP contribution in [-0.2, 0) is 6.61 Å². The Kier molecular flexibility index (Phi) is 4.80. The summed E-state index contributed by atoms with van der Waals surface area (Å²) in [5.41, 5.74) is 0. The zero-order valence-electron chi connectivity index (χ0n) is 12.6. The van der Waals surface area contributed by atoms with Crippen LogP contribution in [0.25, 0.3) is 0 Å². The first-order valence-corrected chi connectivity index (χ1v) is 7.42. The van der Waals surface area contributed by atoms with Crippen molar-refractivity contribution in [2.24, 2.45) is 0 Å². The predicted octanol–water partition coefficient (Wildman–Crippen LogP) is 2.39. The van der Waals surface area contributed by atoms with Crippen LogP contribution in [0.3, 0.4) is 0 Å². The van der Waals surface area contributed by atoms with Crippen molar-refractivity contribution in [3.8, 4) is 17.4 Å². The van der Waals surface area contributed by atoms with Crippen LogP contribution in [0.5, 0.6) is 17.4 Å². The Hall–Kier alpha value is -2.21. The van der Waals surface area contributed by atoms with Crippen molar-refractivity contribution in [3.05, 3.63) is 36.1 Å². The number of nitrogens with one attached hydrogen (secondary N) is 1. The molecule has 1 aromatic heterocycles. The molecule has 0 radical (unpaired) electrons. The van der Waals surface area contributed by atoms with Gasteiger partial charge in [-0.2, -0.15) is 0 Å². The van der Waals surface area contributed by atoms with Crippen LogP contribution in [0.15, 0.2) is 34.9 Å². The van der Waals surface area contributed by atoms with Crippen LogP contribution in [-0.4, -0.2) is 31.5 Å². The normalized spacial score (nSPS) is 17.4. The maximum atomic E-state index is 5.63. The molecule has 6 heteroatoms. The third kappa shape index (κ3) is 3.92. The number of ether oxygens (including phenoxy) is 3. The van der Waals surface area contributed by atoms with E-state index < -0.39 is 0 Å². The van der Waals surface area contributed by atoms with Gasteiger partial charge in [0, 0.05) is 12.1 Å². The van der Waals surface area contributed by atoms with E-state index in [-0.39, 0.29) is 0 Å². The largest absolute Gasteiger partial charge is 0.497 e. The maximum absolute atomic E-state index is 5.63. The molecule has 2 aromatic rings. The number of rotatable bonds is 7. The van der Waals surface area contributed by atoms with Gasteiger partial charge in [0.1, 0.15) is 24.7 Å². The Morgan fingerprint density at radius 1 is 1.23 bits per heavy atom. The molecule has 1 aliphatic rings. The maximum Gasteiger partial charge on any atom is 0.254 e. The average Bonchev–Trinajstić information content (AvgIpc) is 3.23. The Morgan fingerprint density at radius 3 is 2.77 bits per heavy atom. The fourth-order valence-electron chi connectivity index (χ4n) is 2.34. The number of hydrogen-bond donors (Lipinski definition) is 1. The Bertz CT molecular complexity index is 576. The highest BCUT2D eigenvalue weighted by Gasteiger charge is 2.15. The fraction of sp³-hybridized carbons (Fsp3) is 0.438. The summed E-state index contributed by atoms with van der Waals surface area (Å²) in [6, 6.07) is 9.56. The number of benzene rings is 1. The second-order valence-electron chi connectivity index (χ2n) is 5.20. The quantitative estimate of drug-likeness (QED) is 0.847. The van der Waals surface area contributed by atoms with Gasteiger partial charge >= 0.3 is 0 Å². The molecule has 6 nitrogen and oxygen atoms in total. The molecule has 0 unspecified atom stereocenters. The summed E-state index contributed by atoms with van der Waals surface area (Å²) in [6.45, 7) is 1.99. The van der Waals surface area contributed by atoms with Gasteiger partial charge in [0.05, 0.1) is 7.11 Å². The van der Waals surface area contributed by atoms with Gasteiger partial charge in [-0.3, -0.25) is 0 Å². The van der Waals surface area contributed by atoms with E-state index in [0.717, 1.165) is 24.5 Å². The third-order valence-corrected chi connectivity index (χ3v) is 3.57. The topological polar surface area (TPSA) is 65.8 Å². The molecule has 1 aliphatic heterocycles. The fourth-order valence-corrected chi connectivity index (χ4v) is 2.34. The van der Waals surface area contributed by atoms with E-state index in [4.69, 9.17) is 18.7 Å². The molecule has 22 heavy (non-hydrogen) atoms. The number of nitrogens with zero attached hydrogens (tertiary/aromatic N) is 1. The molecular weight excluding hydrogens is 284 g/mol. The van der Waals surface area contributed by atoms with Crippen molar-refractivity contribution < 1.29 is 18.7 Å². The molecule has 3 rings (SSSR count). The standard InChI is InChI=1S/C16H20N2O4/c1-19-13-4-6-14(7-5-13)20-11-15-9-16(18-22-15)21-10-12-3-2-8-17-12/h4-7,9,12,17H,2-3,8,10-11H2,1H3/t12-/m0/s1. The van der Waals surface area contributed by atoms with Crippen LogP contribution in [0, 0.1) is 0 Å². The van der Waals surface area contributed by atoms with E-state index in [2.05, 4.69) is 10.5 Å². The molecule has 118 valence electrons. The van der Waals surface area contributed by atoms with Gasteiger partial charge in [-0.1, -0.05) is 0 Å². The molecular formula is C16H20N2O4. The van der Waals surface area contributed by atoms with Crippen LogP contribution < -0.4 is 19.5 Å². The van der Waals surface area contributed by atoms with Crippen molar-refractivity contribution in [2.45, 2.75) is 25.5 Å². The van der Waals surface area contributed by atoms with E-state index in [1.54, 1.807) is 13.2 Å². The van der Waals surface area contributed by atoms with Gasteiger partial charge in [0.25, 0.3) is 5.88 Å². The lowest BCUT2D eigenvalue weighted by atomic mass is 10.2. The summed E-state index contributed by atoms with van der Waals surface area (Å²) < 4.78 is 21.5. The molecule has 0 aliphatic carbocycles. The van der Waals surface area contributed by atoms with Crippen LogP contribution in [0.1, 0.15) is 18.6 Å². The average molecular weight is 304 g/mol. The summed E-state index contributed by atoms with van der Waals surface area (Å²) in [5, 5.41) is 7.26. The van der Waals surface area contributed by atoms with E-state index in [1.165, 1.54) is 6.42 Å². The van der Waals surface area contributed by atoms with Crippen molar-refractivity contribution in [1.82, 2.24) is 10.5 Å². The first kappa shape index (κ1) is 14.7. The highest BCUT2D eigenvalue weighted by atomic mass is 16.5. The summed E-state index contributed by atoms with van der Waals surface area (Å²) >= 11 is 0. The zero-order valence-corrected chi connectivity index (χ0v) is 12.6. The van der Waals surface area contributed by atoms with E-state index in [1.807, 2.05) is 24.3 Å². The Balaban J connectivity index is 1.46. The van der Waals surface area contributed by atoms with Crippen molar-refractivity contribution in [1.29, 1.82) is 0 Å². The van der Waals surface area contributed by atoms with E-state index >= 15 is 0 Å². The molecule has 1 atom stereocenters. The van der Waals surface area contributed by atoms with E-state index in [0.29, 0.717) is 30.9 Å². The lowest BCUT2D eigenvalue weighted by Crippen LogP contribution is -2.28. The minimum atomic E-state index is 0.310. The van der Waals surface area contributed by atoms with Gasteiger partial charge < -0.3 is 24.1 Å². The second kappa shape index (κ2) is 7.17. The van der Waals surface area contributed by atoms with Gasteiger partial charge in [0.15, 0.2) is 5.76 Å². The predicted molar refractivity (Wildman–Crippen MR) is 80.3 cm³/mol. The highest BCUT2D eigenvalue weighted by Crippen LogP contribution is 2.19. The van der Waals surface area contributed by atoms with Gasteiger partial charge in [-0.25, -0.2) is 0 Å². The molecule has 1 aromatic carbocycles. The number of hydrogen-bond acceptors (Lipinski definition) is 6. The summed E-state index contributed by atoms with van der Waals surface area (Å²) in [5.74, 6) is 2.67.